The highest BCUT2D eigenvalue weighted by atomic mass is 35.5. The molecule has 1 fully saturated rings. The van der Waals surface area contributed by atoms with Crippen molar-refractivity contribution in [2.24, 2.45) is 0 Å². The third kappa shape index (κ3) is 6.98. The molecular formula is C26H34ClN3O4S. The average molecular weight is 520 g/mol. The van der Waals surface area contributed by atoms with Gasteiger partial charge in [-0.1, -0.05) is 67.8 Å². The molecule has 35 heavy (non-hydrogen) atoms. The molecule has 2 aromatic carbocycles. The van der Waals surface area contributed by atoms with Crippen molar-refractivity contribution in [3.8, 4) is 0 Å². The molecule has 1 aliphatic rings. The summed E-state index contributed by atoms with van der Waals surface area (Å²) in [6.07, 6.45) is 5.50. The van der Waals surface area contributed by atoms with Crippen LogP contribution in [0, 0.1) is 6.92 Å². The summed E-state index contributed by atoms with van der Waals surface area (Å²) in [7, 11) is -3.80. The standard InChI is InChI=1S/C26H34ClN3O4S/c1-4-23(26(32)28-21-13-8-9-14-21)29(17-20-11-6-5-7-12-20)25(31)18-30(35(3,33)34)24-16-10-15-22(27)19(24)2/h5-7,10-12,15-16,21,23H,4,8-9,13-14,17-18H2,1-3H3,(H,28,32). The number of nitrogens with zero attached hydrogens (tertiary/aromatic N) is 2. The van der Waals surface area contributed by atoms with Crippen molar-refractivity contribution in [3.05, 3.63) is 64.7 Å². The van der Waals surface area contributed by atoms with Crippen LogP contribution in [-0.4, -0.2) is 50.0 Å². The van der Waals surface area contributed by atoms with E-state index in [4.69, 9.17) is 11.6 Å². The number of anilines is 1. The first-order chi connectivity index (χ1) is 16.6. The number of rotatable bonds is 10. The summed E-state index contributed by atoms with van der Waals surface area (Å²) in [5.74, 6) is -0.652. The third-order valence-corrected chi connectivity index (χ3v) is 8.01. The van der Waals surface area contributed by atoms with Crippen LogP contribution >= 0.6 is 11.6 Å². The van der Waals surface area contributed by atoms with Crippen LogP contribution in [0.5, 0.6) is 0 Å². The Labute approximate surface area is 213 Å². The molecule has 0 saturated heterocycles. The van der Waals surface area contributed by atoms with Crippen molar-refractivity contribution < 1.29 is 18.0 Å². The van der Waals surface area contributed by atoms with Crippen LogP contribution in [0.25, 0.3) is 0 Å². The SMILES string of the molecule is CCC(C(=O)NC1CCCC1)N(Cc1ccccc1)C(=O)CN(c1cccc(Cl)c1C)S(C)(=O)=O. The summed E-state index contributed by atoms with van der Waals surface area (Å²) in [6.45, 7) is 3.34. The maximum absolute atomic E-state index is 13.7. The molecule has 3 rings (SSSR count). The molecule has 2 amide bonds. The number of halogens is 1. The second-order valence-corrected chi connectivity index (χ2v) is 11.4. The highest BCUT2D eigenvalue weighted by Gasteiger charge is 2.33. The largest absolute Gasteiger partial charge is 0.352 e. The van der Waals surface area contributed by atoms with Crippen LogP contribution in [0.2, 0.25) is 5.02 Å². The monoisotopic (exact) mass is 519 g/mol. The summed E-state index contributed by atoms with van der Waals surface area (Å²) in [5.41, 5.74) is 1.77. The van der Waals surface area contributed by atoms with Crippen molar-refractivity contribution in [3.63, 3.8) is 0 Å². The van der Waals surface area contributed by atoms with Crippen molar-refractivity contribution in [1.82, 2.24) is 10.2 Å². The molecule has 190 valence electrons. The van der Waals surface area contributed by atoms with Gasteiger partial charge < -0.3 is 10.2 Å². The molecule has 0 radical (unpaired) electrons. The molecule has 0 bridgehead atoms. The van der Waals surface area contributed by atoms with Gasteiger partial charge in [-0.05, 0) is 49.4 Å². The third-order valence-electron chi connectivity index (χ3n) is 6.47. The lowest BCUT2D eigenvalue weighted by Crippen LogP contribution is -2.53. The predicted octanol–water partition coefficient (Wildman–Crippen LogP) is 4.28. The molecule has 1 saturated carbocycles. The van der Waals surface area contributed by atoms with E-state index >= 15 is 0 Å². The quantitative estimate of drug-likeness (QED) is 0.507. The molecule has 0 aromatic heterocycles. The van der Waals surface area contributed by atoms with E-state index in [1.807, 2.05) is 37.3 Å². The number of hydrogen-bond acceptors (Lipinski definition) is 4. The Bertz CT molecular complexity index is 1130. The van der Waals surface area contributed by atoms with Gasteiger partial charge in [0.05, 0.1) is 11.9 Å². The Kier molecular flexibility index (Phi) is 9.19. The van der Waals surface area contributed by atoms with Crippen molar-refractivity contribution >= 4 is 39.1 Å². The second kappa shape index (κ2) is 11.9. The minimum Gasteiger partial charge on any atom is -0.352 e. The Morgan fingerprint density at radius 2 is 1.74 bits per heavy atom. The average Bonchev–Trinajstić information content (AvgIpc) is 3.32. The number of nitrogens with one attached hydrogen (secondary N) is 1. The molecule has 0 aliphatic heterocycles. The number of amides is 2. The molecular weight excluding hydrogens is 486 g/mol. The molecule has 9 heteroatoms. The van der Waals surface area contributed by atoms with Gasteiger partial charge in [-0.25, -0.2) is 8.42 Å². The van der Waals surface area contributed by atoms with E-state index in [1.54, 1.807) is 25.1 Å². The minimum atomic E-state index is -3.80. The van der Waals surface area contributed by atoms with Crippen LogP contribution in [0.4, 0.5) is 5.69 Å². The topological polar surface area (TPSA) is 86.8 Å². The van der Waals surface area contributed by atoms with E-state index in [2.05, 4.69) is 5.32 Å². The predicted molar refractivity (Wildman–Crippen MR) is 140 cm³/mol. The lowest BCUT2D eigenvalue weighted by Gasteiger charge is -2.33. The van der Waals surface area contributed by atoms with Gasteiger partial charge in [0.1, 0.15) is 12.6 Å². The number of sulfonamides is 1. The fourth-order valence-corrected chi connectivity index (χ4v) is 5.60. The Morgan fingerprint density at radius 1 is 1.09 bits per heavy atom. The molecule has 1 atom stereocenters. The lowest BCUT2D eigenvalue weighted by atomic mass is 10.1. The molecule has 1 aliphatic carbocycles. The zero-order valence-corrected chi connectivity index (χ0v) is 22.1. The number of carbonyl (C=O) groups is 2. The number of hydrogen-bond donors (Lipinski definition) is 1. The maximum atomic E-state index is 13.7. The maximum Gasteiger partial charge on any atom is 0.244 e. The van der Waals surface area contributed by atoms with Crippen molar-refractivity contribution in [2.45, 2.75) is 64.6 Å². The highest BCUT2D eigenvalue weighted by Crippen LogP contribution is 2.28. The van der Waals surface area contributed by atoms with E-state index in [9.17, 15) is 18.0 Å². The summed E-state index contributed by atoms with van der Waals surface area (Å²) < 4.78 is 26.6. The Morgan fingerprint density at radius 3 is 2.34 bits per heavy atom. The van der Waals surface area contributed by atoms with Gasteiger partial charge in [-0.15, -0.1) is 0 Å². The molecule has 1 N–H and O–H groups in total. The van der Waals surface area contributed by atoms with Crippen LogP contribution in [0.1, 0.15) is 50.2 Å². The number of benzene rings is 2. The second-order valence-electron chi connectivity index (χ2n) is 9.07. The number of carbonyl (C=O) groups excluding carboxylic acids is 2. The molecule has 2 aromatic rings. The van der Waals surface area contributed by atoms with Crippen LogP contribution in [-0.2, 0) is 26.2 Å². The van der Waals surface area contributed by atoms with Gasteiger partial charge in [0.25, 0.3) is 0 Å². The molecule has 1 unspecified atom stereocenters. The Balaban J connectivity index is 1.93. The zero-order valence-electron chi connectivity index (χ0n) is 20.5. The summed E-state index contributed by atoms with van der Waals surface area (Å²) in [4.78, 5) is 28.5. The highest BCUT2D eigenvalue weighted by molar-refractivity contribution is 7.92. The van der Waals surface area contributed by atoms with E-state index < -0.39 is 28.5 Å². The molecule has 0 spiro atoms. The van der Waals surface area contributed by atoms with Gasteiger partial charge in [0.2, 0.25) is 21.8 Å². The normalized spacial score (nSPS) is 15.0. The van der Waals surface area contributed by atoms with E-state index in [0.29, 0.717) is 22.7 Å². The minimum absolute atomic E-state index is 0.117. The smallest absolute Gasteiger partial charge is 0.244 e. The van der Waals surface area contributed by atoms with Gasteiger partial charge in [-0.3, -0.25) is 13.9 Å². The van der Waals surface area contributed by atoms with E-state index in [0.717, 1.165) is 41.8 Å². The summed E-state index contributed by atoms with van der Waals surface area (Å²) in [5, 5.41) is 3.51. The fraction of sp³-hybridized carbons (Fsp3) is 0.462. The van der Waals surface area contributed by atoms with Gasteiger partial charge in [0, 0.05) is 17.6 Å². The van der Waals surface area contributed by atoms with E-state index in [-0.39, 0.29) is 18.5 Å². The summed E-state index contributed by atoms with van der Waals surface area (Å²) in [6, 6.07) is 13.7. The summed E-state index contributed by atoms with van der Waals surface area (Å²) >= 11 is 6.24. The van der Waals surface area contributed by atoms with Gasteiger partial charge in [-0.2, -0.15) is 0 Å². The first-order valence-corrected chi connectivity index (χ1v) is 14.2. The molecule has 7 nitrogen and oxygen atoms in total. The van der Waals surface area contributed by atoms with Gasteiger partial charge >= 0.3 is 0 Å². The fourth-order valence-electron chi connectivity index (χ4n) is 4.53. The lowest BCUT2D eigenvalue weighted by molar-refractivity contribution is -0.140. The molecule has 0 heterocycles. The van der Waals surface area contributed by atoms with Crippen LogP contribution in [0.15, 0.2) is 48.5 Å². The van der Waals surface area contributed by atoms with Crippen LogP contribution in [0.3, 0.4) is 0 Å². The Hall–Kier alpha value is -2.58. The van der Waals surface area contributed by atoms with Crippen molar-refractivity contribution in [1.29, 1.82) is 0 Å². The van der Waals surface area contributed by atoms with Crippen molar-refractivity contribution in [2.75, 3.05) is 17.1 Å². The first-order valence-electron chi connectivity index (χ1n) is 12.0. The first kappa shape index (κ1) is 27.0. The van der Waals surface area contributed by atoms with Gasteiger partial charge in [0.15, 0.2) is 0 Å². The van der Waals surface area contributed by atoms with E-state index in [1.165, 1.54) is 4.90 Å². The van der Waals surface area contributed by atoms with Crippen LogP contribution < -0.4 is 9.62 Å². The zero-order chi connectivity index (χ0) is 25.6.